The van der Waals surface area contributed by atoms with Crippen LogP contribution in [0, 0.1) is 12.8 Å². The van der Waals surface area contributed by atoms with E-state index in [1.165, 1.54) is 56.1 Å². The van der Waals surface area contributed by atoms with Crippen molar-refractivity contribution < 1.29 is 0 Å². The zero-order valence-corrected chi connectivity index (χ0v) is 11.8. The Bertz CT molecular complexity index is 283. The number of hydrogen-bond acceptors (Lipinski definition) is 0. The van der Waals surface area contributed by atoms with Crippen molar-refractivity contribution in [2.45, 2.75) is 65.7 Å². The van der Waals surface area contributed by atoms with Gasteiger partial charge < -0.3 is 0 Å². The van der Waals surface area contributed by atoms with Crippen LogP contribution in [0.3, 0.4) is 0 Å². The van der Waals surface area contributed by atoms with Crippen LogP contribution in [0.25, 0.3) is 0 Å². The number of rotatable bonds is 8. The van der Waals surface area contributed by atoms with Crippen LogP contribution in [-0.2, 0) is 6.42 Å². The average molecular weight is 232 g/mol. The molecular formula is C17H28. The van der Waals surface area contributed by atoms with E-state index in [9.17, 15) is 0 Å². The van der Waals surface area contributed by atoms with Gasteiger partial charge >= 0.3 is 0 Å². The molecule has 0 bridgehead atoms. The van der Waals surface area contributed by atoms with E-state index in [-0.39, 0.29) is 0 Å². The summed E-state index contributed by atoms with van der Waals surface area (Å²) in [5.74, 6) is 0.924. The minimum absolute atomic E-state index is 0.924. The summed E-state index contributed by atoms with van der Waals surface area (Å²) in [5, 5.41) is 0. The molecule has 0 nitrogen and oxygen atoms in total. The first-order chi connectivity index (χ1) is 8.22. The van der Waals surface area contributed by atoms with Crippen LogP contribution in [0.2, 0.25) is 0 Å². The molecule has 0 aliphatic rings. The summed E-state index contributed by atoms with van der Waals surface area (Å²) in [6.07, 6.45) is 9.55. The van der Waals surface area contributed by atoms with Gasteiger partial charge in [0.15, 0.2) is 0 Å². The average Bonchev–Trinajstić information content (AvgIpc) is 2.34. The van der Waals surface area contributed by atoms with Crippen LogP contribution >= 0.6 is 0 Å². The van der Waals surface area contributed by atoms with E-state index in [2.05, 4.69) is 45.0 Å². The summed E-state index contributed by atoms with van der Waals surface area (Å²) < 4.78 is 0. The topological polar surface area (TPSA) is 0 Å². The fourth-order valence-electron chi connectivity index (χ4n) is 2.27. The Morgan fingerprint density at radius 3 is 2.24 bits per heavy atom. The normalized spacial score (nSPS) is 12.6. The van der Waals surface area contributed by atoms with Crippen molar-refractivity contribution in [1.29, 1.82) is 0 Å². The maximum Gasteiger partial charge on any atom is -0.0279 e. The molecule has 1 unspecified atom stereocenters. The van der Waals surface area contributed by atoms with E-state index in [4.69, 9.17) is 0 Å². The second kappa shape index (κ2) is 8.33. The molecule has 17 heavy (non-hydrogen) atoms. The maximum absolute atomic E-state index is 2.40. The Morgan fingerprint density at radius 1 is 0.941 bits per heavy atom. The summed E-state index contributed by atoms with van der Waals surface area (Å²) in [6.45, 7) is 6.84. The molecule has 0 heterocycles. The Hall–Kier alpha value is -0.780. The minimum Gasteiger partial charge on any atom is -0.0654 e. The summed E-state index contributed by atoms with van der Waals surface area (Å²) in [5.41, 5.74) is 2.86. The zero-order chi connectivity index (χ0) is 12.5. The second-order valence-corrected chi connectivity index (χ2v) is 5.48. The summed E-state index contributed by atoms with van der Waals surface area (Å²) in [6, 6.07) is 8.99. The molecule has 0 spiro atoms. The van der Waals surface area contributed by atoms with Gasteiger partial charge in [0.25, 0.3) is 0 Å². The number of benzene rings is 1. The SMILES string of the molecule is CCCCC(C)CCCCc1ccc(C)cc1. The third-order valence-electron chi connectivity index (χ3n) is 3.58. The molecule has 96 valence electrons. The highest BCUT2D eigenvalue weighted by molar-refractivity contribution is 5.21. The molecule has 0 saturated heterocycles. The highest BCUT2D eigenvalue weighted by atomic mass is 14.1. The van der Waals surface area contributed by atoms with Gasteiger partial charge in [-0.15, -0.1) is 0 Å². The zero-order valence-electron chi connectivity index (χ0n) is 11.8. The van der Waals surface area contributed by atoms with Crippen molar-refractivity contribution in [3.63, 3.8) is 0 Å². The first-order valence-electron chi connectivity index (χ1n) is 7.28. The van der Waals surface area contributed by atoms with Gasteiger partial charge in [-0.3, -0.25) is 0 Å². The van der Waals surface area contributed by atoms with Gasteiger partial charge in [0.1, 0.15) is 0 Å². The monoisotopic (exact) mass is 232 g/mol. The third kappa shape index (κ3) is 6.51. The molecule has 0 heteroatoms. The molecule has 1 atom stereocenters. The molecule has 0 saturated carbocycles. The Labute approximate surface area is 107 Å². The first-order valence-corrected chi connectivity index (χ1v) is 7.28. The van der Waals surface area contributed by atoms with Crippen LogP contribution in [0.5, 0.6) is 0 Å². The van der Waals surface area contributed by atoms with E-state index in [0.717, 1.165) is 5.92 Å². The molecule has 0 radical (unpaired) electrons. The molecule has 1 aromatic rings. The largest absolute Gasteiger partial charge is 0.0654 e. The van der Waals surface area contributed by atoms with E-state index in [0.29, 0.717) is 0 Å². The van der Waals surface area contributed by atoms with Crippen molar-refractivity contribution in [1.82, 2.24) is 0 Å². The highest BCUT2D eigenvalue weighted by Crippen LogP contribution is 2.16. The fraction of sp³-hybridized carbons (Fsp3) is 0.647. The molecule has 0 N–H and O–H groups in total. The van der Waals surface area contributed by atoms with E-state index >= 15 is 0 Å². The fourth-order valence-corrected chi connectivity index (χ4v) is 2.27. The number of unbranched alkanes of at least 4 members (excludes halogenated alkanes) is 2. The Morgan fingerprint density at radius 2 is 1.59 bits per heavy atom. The van der Waals surface area contributed by atoms with Gasteiger partial charge in [0.05, 0.1) is 0 Å². The lowest BCUT2D eigenvalue weighted by molar-refractivity contribution is 0.449. The Kier molecular flexibility index (Phi) is 7.00. The molecule has 0 amide bonds. The molecular weight excluding hydrogens is 204 g/mol. The molecule has 0 aromatic heterocycles. The summed E-state index contributed by atoms with van der Waals surface area (Å²) >= 11 is 0. The summed E-state index contributed by atoms with van der Waals surface area (Å²) in [4.78, 5) is 0. The minimum atomic E-state index is 0.924. The van der Waals surface area contributed by atoms with E-state index < -0.39 is 0 Å². The molecule has 0 fully saturated rings. The molecule has 0 aliphatic heterocycles. The lowest BCUT2D eigenvalue weighted by Gasteiger charge is -2.10. The van der Waals surface area contributed by atoms with Crippen molar-refractivity contribution in [2.75, 3.05) is 0 Å². The van der Waals surface area contributed by atoms with E-state index in [1.807, 2.05) is 0 Å². The van der Waals surface area contributed by atoms with Gasteiger partial charge in [-0.1, -0.05) is 75.8 Å². The lowest BCUT2D eigenvalue weighted by Crippen LogP contribution is -1.95. The molecule has 1 rings (SSSR count). The first kappa shape index (κ1) is 14.3. The third-order valence-corrected chi connectivity index (χ3v) is 3.58. The van der Waals surface area contributed by atoms with Crippen LogP contribution < -0.4 is 0 Å². The van der Waals surface area contributed by atoms with Crippen molar-refractivity contribution in [3.8, 4) is 0 Å². The van der Waals surface area contributed by atoms with Gasteiger partial charge in [0.2, 0.25) is 0 Å². The van der Waals surface area contributed by atoms with Crippen molar-refractivity contribution in [2.24, 2.45) is 5.92 Å². The van der Waals surface area contributed by atoms with Crippen LogP contribution in [0.4, 0.5) is 0 Å². The van der Waals surface area contributed by atoms with Crippen LogP contribution in [0.1, 0.15) is 63.5 Å². The van der Waals surface area contributed by atoms with Crippen molar-refractivity contribution >= 4 is 0 Å². The predicted octanol–water partition coefficient (Wildman–Crippen LogP) is 5.53. The molecule has 0 aliphatic carbocycles. The van der Waals surface area contributed by atoms with Gasteiger partial charge in [0, 0.05) is 0 Å². The van der Waals surface area contributed by atoms with Gasteiger partial charge in [-0.2, -0.15) is 0 Å². The number of hydrogen-bond donors (Lipinski definition) is 0. The highest BCUT2D eigenvalue weighted by Gasteiger charge is 2.01. The molecule has 1 aromatic carbocycles. The predicted molar refractivity (Wildman–Crippen MR) is 77.4 cm³/mol. The number of aryl methyl sites for hydroxylation is 2. The smallest absolute Gasteiger partial charge is 0.0279 e. The van der Waals surface area contributed by atoms with Crippen LogP contribution in [-0.4, -0.2) is 0 Å². The van der Waals surface area contributed by atoms with Gasteiger partial charge in [-0.05, 0) is 31.2 Å². The second-order valence-electron chi connectivity index (χ2n) is 5.48. The lowest BCUT2D eigenvalue weighted by atomic mass is 9.96. The van der Waals surface area contributed by atoms with Gasteiger partial charge in [-0.25, -0.2) is 0 Å². The van der Waals surface area contributed by atoms with E-state index in [1.54, 1.807) is 0 Å². The quantitative estimate of drug-likeness (QED) is 0.517. The van der Waals surface area contributed by atoms with Crippen molar-refractivity contribution in [3.05, 3.63) is 35.4 Å². The van der Waals surface area contributed by atoms with Crippen LogP contribution in [0.15, 0.2) is 24.3 Å². The Balaban J connectivity index is 2.09. The standard InChI is InChI=1S/C17H28/c1-4-5-8-15(2)9-6-7-10-17-13-11-16(3)12-14-17/h11-15H,4-10H2,1-3H3. The maximum atomic E-state index is 2.40. The summed E-state index contributed by atoms with van der Waals surface area (Å²) in [7, 11) is 0.